The molecule has 0 spiro atoms. The largest absolute Gasteiger partial charge is 0.573 e. The van der Waals surface area contributed by atoms with E-state index in [4.69, 9.17) is 16.9 Å². The topological polar surface area (TPSA) is 101 Å². The van der Waals surface area contributed by atoms with Gasteiger partial charge in [-0.2, -0.15) is 0 Å². The van der Waals surface area contributed by atoms with Crippen molar-refractivity contribution >= 4 is 29.9 Å². The lowest BCUT2D eigenvalue weighted by atomic mass is 10.1. The van der Waals surface area contributed by atoms with E-state index >= 15 is 0 Å². The van der Waals surface area contributed by atoms with E-state index in [1.165, 1.54) is 17.0 Å². The van der Waals surface area contributed by atoms with Crippen molar-refractivity contribution in [3.8, 4) is 5.75 Å². The number of alkyl halides is 4. The number of amidine groups is 1. The Kier molecular flexibility index (Phi) is 6.24. The Morgan fingerprint density at radius 2 is 1.83 bits per heavy atom. The van der Waals surface area contributed by atoms with Crippen molar-refractivity contribution in [2.45, 2.75) is 25.0 Å². The molecule has 24 heavy (non-hydrogen) atoms. The number of hydrogen-bond donors (Lipinski definition) is 3. The van der Waals surface area contributed by atoms with Crippen molar-refractivity contribution in [2.24, 2.45) is 16.5 Å². The van der Waals surface area contributed by atoms with E-state index in [1.54, 1.807) is 0 Å². The monoisotopic (exact) mass is 369 g/mol. The number of ether oxygens (including phenoxy) is 1. The van der Waals surface area contributed by atoms with Gasteiger partial charge in [0, 0.05) is 6.54 Å². The van der Waals surface area contributed by atoms with Gasteiger partial charge in [0.1, 0.15) is 23.8 Å². The molecule has 0 bridgehead atoms. The zero-order valence-corrected chi connectivity index (χ0v) is 13.1. The maximum absolute atomic E-state index is 13.9. The summed E-state index contributed by atoms with van der Waals surface area (Å²) in [6, 6.07) is 3.70. The second-order valence-electron chi connectivity index (χ2n) is 4.91. The van der Waals surface area contributed by atoms with Crippen LogP contribution in [0.1, 0.15) is 6.42 Å². The van der Waals surface area contributed by atoms with Gasteiger partial charge in [-0.3, -0.25) is 5.41 Å². The summed E-state index contributed by atoms with van der Waals surface area (Å²) < 4.78 is 53.8. The number of rotatable bonds is 3. The Balaban J connectivity index is 0.00000288. The maximum Gasteiger partial charge on any atom is 0.573 e. The molecule has 1 aliphatic heterocycles. The SMILES string of the molecule is Cl.N=C(N)N1CCC(F)[C@H]1C(N)=Nc1ccc(OC(F)(F)F)cc1. The Morgan fingerprint density at radius 3 is 2.33 bits per heavy atom. The second kappa shape index (κ2) is 7.56. The minimum atomic E-state index is -4.78. The average Bonchev–Trinajstić information content (AvgIpc) is 2.81. The molecule has 134 valence electrons. The van der Waals surface area contributed by atoms with Crippen molar-refractivity contribution < 1.29 is 22.3 Å². The molecular weight excluding hydrogens is 354 g/mol. The molecule has 1 fully saturated rings. The van der Waals surface area contributed by atoms with Crippen molar-refractivity contribution in [3.05, 3.63) is 24.3 Å². The molecule has 5 N–H and O–H groups in total. The van der Waals surface area contributed by atoms with Crippen LogP contribution >= 0.6 is 12.4 Å². The lowest BCUT2D eigenvalue weighted by Crippen LogP contribution is -2.49. The number of nitrogens with zero attached hydrogens (tertiary/aromatic N) is 2. The maximum atomic E-state index is 13.9. The Hall–Kier alpha value is -2.23. The highest BCUT2D eigenvalue weighted by atomic mass is 35.5. The van der Waals surface area contributed by atoms with Crippen LogP contribution in [0.5, 0.6) is 5.75 Å². The number of guanidine groups is 1. The van der Waals surface area contributed by atoms with Crippen LogP contribution in [-0.2, 0) is 0 Å². The predicted octanol–water partition coefficient (Wildman–Crippen LogP) is 2.30. The number of halogens is 5. The van der Waals surface area contributed by atoms with Crippen molar-refractivity contribution in [1.29, 1.82) is 5.41 Å². The van der Waals surface area contributed by atoms with Crippen molar-refractivity contribution in [1.82, 2.24) is 4.90 Å². The van der Waals surface area contributed by atoms with Crippen LogP contribution in [0.3, 0.4) is 0 Å². The highest BCUT2D eigenvalue weighted by Gasteiger charge is 2.38. The van der Waals surface area contributed by atoms with Crippen LogP contribution < -0.4 is 16.2 Å². The lowest BCUT2D eigenvalue weighted by Gasteiger charge is -2.24. The molecule has 0 aliphatic carbocycles. The molecule has 0 saturated carbocycles. The highest BCUT2D eigenvalue weighted by Crippen LogP contribution is 2.26. The minimum Gasteiger partial charge on any atom is -0.406 e. The fourth-order valence-corrected chi connectivity index (χ4v) is 2.31. The Bertz CT molecular complexity index is 607. The number of likely N-dealkylation sites (tertiary alicyclic amines) is 1. The molecule has 1 aromatic carbocycles. The molecule has 0 amide bonds. The zero-order chi connectivity index (χ0) is 17.2. The molecule has 2 rings (SSSR count). The van der Waals surface area contributed by atoms with Gasteiger partial charge < -0.3 is 21.1 Å². The van der Waals surface area contributed by atoms with E-state index in [-0.39, 0.29) is 42.9 Å². The fraction of sp³-hybridized carbons (Fsp3) is 0.385. The summed E-state index contributed by atoms with van der Waals surface area (Å²) in [5.74, 6) is -0.818. The molecule has 2 atom stereocenters. The lowest BCUT2D eigenvalue weighted by molar-refractivity contribution is -0.274. The van der Waals surface area contributed by atoms with E-state index in [1.807, 2.05) is 0 Å². The molecule has 0 radical (unpaired) electrons. The van der Waals surface area contributed by atoms with Crippen LogP contribution in [0.4, 0.5) is 23.2 Å². The van der Waals surface area contributed by atoms with E-state index in [9.17, 15) is 17.6 Å². The second-order valence-corrected chi connectivity index (χ2v) is 4.91. The zero-order valence-electron chi connectivity index (χ0n) is 12.3. The number of nitrogens with two attached hydrogens (primary N) is 2. The van der Waals surface area contributed by atoms with Crippen LogP contribution in [0.2, 0.25) is 0 Å². The predicted molar refractivity (Wildman–Crippen MR) is 83.6 cm³/mol. The summed E-state index contributed by atoms with van der Waals surface area (Å²) in [5.41, 5.74) is 11.4. The first-order valence-corrected chi connectivity index (χ1v) is 6.62. The summed E-state index contributed by atoms with van der Waals surface area (Å²) in [5, 5.41) is 7.40. The molecular formula is C13H16ClF4N5O. The summed E-state index contributed by atoms with van der Waals surface area (Å²) in [6.45, 7) is 0.246. The Morgan fingerprint density at radius 1 is 1.25 bits per heavy atom. The fourth-order valence-electron chi connectivity index (χ4n) is 2.31. The van der Waals surface area contributed by atoms with E-state index in [0.717, 1.165) is 12.1 Å². The summed E-state index contributed by atoms with van der Waals surface area (Å²) >= 11 is 0. The highest BCUT2D eigenvalue weighted by molar-refractivity contribution is 5.92. The van der Waals surface area contributed by atoms with Gasteiger partial charge in [-0.15, -0.1) is 25.6 Å². The third kappa shape index (κ3) is 4.88. The third-order valence-electron chi connectivity index (χ3n) is 3.27. The molecule has 1 aromatic rings. The molecule has 1 aliphatic rings. The van der Waals surface area contributed by atoms with E-state index in [0.29, 0.717) is 0 Å². The summed E-state index contributed by atoms with van der Waals surface area (Å²) in [7, 11) is 0. The Labute approximate surface area is 141 Å². The molecule has 1 unspecified atom stereocenters. The third-order valence-corrected chi connectivity index (χ3v) is 3.27. The number of benzene rings is 1. The van der Waals surface area contributed by atoms with Crippen LogP contribution in [0.15, 0.2) is 29.3 Å². The molecule has 1 heterocycles. The normalized spacial score (nSPS) is 21.3. The first-order valence-electron chi connectivity index (χ1n) is 6.62. The van der Waals surface area contributed by atoms with Crippen molar-refractivity contribution in [3.63, 3.8) is 0 Å². The van der Waals surface area contributed by atoms with Crippen LogP contribution in [-0.4, -0.2) is 41.8 Å². The smallest absolute Gasteiger partial charge is 0.406 e. The quantitative estimate of drug-likeness (QED) is 0.432. The van der Waals surface area contributed by atoms with Gasteiger partial charge >= 0.3 is 6.36 Å². The molecule has 11 heteroatoms. The molecule has 0 aromatic heterocycles. The molecule has 1 saturated heterocycles. The average molecular weight is 370 g/mol. The number of aliphatic imine (C=N–C) groups is 1. The van der Waals surface area contributed by atoms with Gasteiger partial charge in [0.25, 0.3) is 0 Å². The first-order chi connectivity index (χ1) is 10.7. The number of nitrogens with one attached hydrogen (secondary N) is 1. The van der Waals surface area contributed by atoms with Crippen LogP contribution in [0.25, 0.3) is 0 Å². The summed E-state index contributed by atoms with van der Waals surface area (Å²) in [6.07, 6.45) is -5.94. The molecule has 6 nitrogen and oxygen atoms in total. The van der Waals surface area contributed by atoms with Gasteiger partial charge in [-0.1, -0.05) is 0 Å². The van der Waals surface area contributed by atoms with Gasteiger partial charge in [-0.05, 0) is 30.7 Å². The van der Waals surface area contributed by atoms with Crippen molar-refractivity contribution in [2.75, 3.05) is 6.54 Å². The van der Waals surface area contributed by atoms with Crippen LogP contribution in [0, 0.1) is 5.41 Å². The van der Waals surface area contributed by atoms with E-state index < -0.39 is 24.3 Å². The van der Waals surface area contributed by atoms with Gasteiger partial charge in [-0.25, -0.2) is 9.38 Å². The first kappa shape index (κ1) is 19.8. The number of hydrogen-bond acceptors (Lipinski definition) is 3. The van der Waals surface area contributed by atoms with Gasteiger partial charge in [0.05, 0.1) is 5.69 Å². The van der Waals surface area contributed by atoms with Gasteiger partial charge in [0.2, 0.25) is 0 Å². The summed E-state index contributed by atoms with van der Waals surface area (Å²) in [4.78, 5) is 5.27. The van der Waals surface area contributed by atoms with E-state index in [2.05, 4.69) is 9.73 Å². The van der Waals surface area contributed by atoms with Gasteiger partial charge in [0.15, 0.2) is 5.96 Å². The standard InChI is InChI=1S/C13H15F4N5O.ClH/c14-9-5-6-22(12(19)20)10(9)11(18)21-7-1-3-8(4-2-7)23-13(15,16)17;/h1-4,9-10H,5-6H2,(H2,18,21)(H3,19,20);1H/t9?,10-;/m0./s1. The minimum absolute atomic E-state index is 0.